The quantitative estimate of drug-likeness (QED) is 0.748. The molecule has 2 atom stereocenters. The van der Waals surface area contributed by atoms with E-state index in [2.05, 4.69) is 5.32 Å². The number of aliphatic hydroxyl groups is 1. The number of aliphatic hydroxyl groups excluding tert-OH is 1. The molecule has 2 aliphatic rings. The maximum Gasteiger partial charge on any atom is 0.0434 e. The highest BCUT2D eigenvalue weighted by Crippen LogP contribution is 2.38. The second-order valence-electron chi connectivity index (χ2n) is 5.28. The van der Waals surface area contributed by atoms with Crippen LogP contribution in [0.2, 0.25) is 0 Å². The van der Waals surface area contributed by atoms with Gasteiger partial charge in [-0.1, -0.05) is 32.1 Å². The molecule has 2 unspecified atom stereocenters. The molecule has 0 bridgehead atoms. The van der Waals surface area contributed by atoms with Crippen molar-refractivity contribution in [3.05, 3.63) is 0 Å². The van der Waals surface area contributed by atoms with Gasteiger partial charge in [-0.25, -0.2) is 0 Å². The van der Waals surface area contributed by atoms with Gasteiger partial charge in [0, 0.05) is 12.6 Å². The van der Waals surface area contributed by atoms with Crippen LogP contribution in [0.4, 0.5) is 0 Å². The largest absolute Gasteiger partial charge is 0.396 e. The van der Waals surface area contributed by atoms with Crippen LogP contribution in [0.3, 0.4) is 0 Å². The van der Waals surface area contributed by atoms with Gasteiger partial charge in [0.1, 0.15) is 0 Å². The van der Waals surface area contributed by atoms with Gasteiger partial charge in [0.25, 0.3) is 0 Å². The van der Waals surface area contributed by atoms with Crippen molar-refractivity contribution in [1.29, 1.82) is 0 Å². The zero-order chi connectivity index (χ0) is 10.5. The van der Waals surface area contributed by atoms with E-state index in [1.54, 1.807) is 0 Å². The summed E-state index contributed by atoms with van der Waals surface area (Å²) in [5.74, 6) is 1.66. The summed E-state index contributed by atoms with van der Waals surface area (Å²) in [5.41, 5.74) is 0. The van der Waals surface area contributed by atoms with Gasteiger partial charge in [0.05, 0.1) is 0 Å². The van der Waals surface area contributed by atoms with Crippen molar-refractivity contribution in [1.82, 2.24) is 5.32 Å². The fraction of sp³-hybridized carbons (Fsp3) is 1.00. The molecule has 0 radical (unpaired) electrons. The lowest BCUT2D eigenvalue weighted by Gasteiger charge is -2.38. The number of rotatable bonds is 4. The summed E-state index contributed by atoms with van der Waals surface area (Å²) in [4.78, 5) is 0. The van der Waals surface area contributed by atoms with Crippen LogP contribution in [0.15, 0.2) is 0 Å². The molecule has 88 valence electrons. The Balaban J connectivity index is 1.88. The van der Waals surface area contributed by atoms with Crippen molar-refractivity contribution < 1.29 is 5.11 Å². The van der Waals surface area contributed by atoms with E-state index in [1.165, 1.54) is 51.5 Å². The van der Waals surface area contributed by atoms with Gasteiger partial charge in [0.15, 0.2) is 0 Å². The maximum absolute atomic E-state index is 9.18. The summed E-state index contributed by atoms with van der Waals surface area (Å²) in [6.45, 7) is 1.57. The van der Waals surface area contributed by atoms with E-state index in [0.717, 1.165) is 18.3 Å². The Bertz CT molecular complexity index is 171. The average Bonchev–Trinajstić information content (AvgIpc) is 2.42. The highest BCUT2D eigenvalue weighted by Gasteiger charge is 2.32. The number of hydrogen-bond donors (Lipinski definition) is 2. The van der Waals surface area contributed by atoms with Gasteiger partial charge in [-0.2, -0.15) is 0 Å². The van der Waals surface area contributed by atoms with Gasteiger partial charge in [-0.15, -0.1) is 0 Å². The summed E-state index contributed by atoms with van der Waals surface area (Å²) in [5, 5.41) is 12.9. The molecule has 0 aromatic rings. The zero-order valence-electron chi connectivity index (χ0n) is 9.75. The second-order valence-corrected chi connectivity index (χ2v) is 5.28. The lowest BCUT2D eigenvalue weighted by Crippen LogP contribution is -2.41. The van der Waals surface area contributed by atoms with Crippen molar-refractivity contribution in [3.8, 4) is 0 Å². The molecule has 2 nitrogen and oxygen atoms in total. The topological polar surface area (TPSA) is 32.3 Å². The Labute approximate surface area is 93.5 Å². The monoisotopic (exact) mass is 211 g/mol. The van der Waals surface area contributed by atoms with Crippen LogP contribution in [-0.4, -0.2) is 24.3 Å². The predicted molar refractivity (Wildman–Crippen MR) is 62.8 cm³/mol. The van der Waals surface area contributed by atoms with Crippen molar-refractivity contribution in [3.63, 3.8) is 0 Å². The standard InChI is InChI=1S/C13H25NO/c15-10-8-12(11-5-4-6-11)13-7-2-1-3-9-14-13/h11-15H,1-10H2. The second kappa shape index (κ2) is 5.86. The van der Waals surface area contributed by atoms with Gasteiger partial charge >= 0.3 is 0 Å². The Morgan fingerprint density at radius 3 is 2.60 bits per heavy atom. The lowest BCUT2D eigenvalue weighted by atomic mass is 9.71. The van der Waals surface area contributed by atoms with E-state index in [4.69, 9.17) is 0 Å². The van der Waals surface area contributed by atoms with E-state index in [9.17, 15) is 5.11 Å². The van der Waals surface area contributed by atoms with Gasteiger partial charge in [-0.3, -0.25) is 0 Å². The number of hydrogen-bond acceptors (Lipinski definition) is 2. The summed E-state index contributed by atoms with van der Waals surface area (Å²) in [6.07, 6.45) is 10.7. The molecule has 2 rings (SSSR count). The van der Waals surface area contributed by atoms with Crippen molar-refractivity contribution in [2.75, 3.05) is 13.2 Å². The first-order chi connectivity index (χ1) is 7.42. The van der Waals surface area contributed by atoms with Gasteiger partial charge in [0.2, 0.25) is 0 Å². The molecule has 2 fully saturated rings. The molecule has 2 N–H and O–H groups in total. The first kappa shape index (κ1) is 11.4. The Kier molecular flexibility index (Phi) is 4.45. The third-order valence-electron chi connectivity index (χ3n) is 4.33. The first-order valence-electron chi connectivity index (χ1n) is 6.76. The smallest absolute Gasteiger partial charge is 0.0434 e. The van der Waals surface area contributed by atoms with E-state index < -0.39 is 0 Å². The van der Waals surface area contributed by atoms with E-state index in [-0.39, 0.29) is 0 Å². The van der Waals surface area contributed by atoms with Crippen LogP contribution in [0.5, 0.6) is 0 Å². The van der Waals surface area contributed by atoms with Crippen molar-refractivity contribution >= 4 is 0 Å². The van der Waals surface area contributed by atoms with E-state index in [0.29, 0.717) is 12.6 Å². The molecule has 1 aliphatic carbocycles. The van der Waals surface area contributed by atoms with Gasteiger partial charge < -0.3 is 10.4 Å². The van der Waals surface area contributed by atoms with Crippen LogP contribution in [0.1, 0.15) is 51.4 Å². The molecule has 0 spiro atoms. The highest BCUT2D eigenvalue weighted by atomic mass is 16.3. The minimum Gasteiger partial charge on any atom is -0.396 e. The van der Waals surface area contributed by atoms with Crippen molar-refractivity contribution in [2.45, 2.75) is 57.4 Å². The van der Waals surface area contributed by atoms with Crippen LogP contribution in [0.25, 0.3) is 0 Å². The minimum atomic E-state index is 0.374. The summed E-state index contributed by atoms with van der Waals surface area (Å²) in [7, 11) is 0. The Hall–Kier alpha value is -0.0800. The predicted octanol–water partition coefficient (Wildman–Crippen LogP) is 2.32. The van der Waals surface area contributed by atoms with E-state index in [1.807, 2.05) is 0 Å². The molecule has 0 aromatic carbocycles. The summed E-state index contributed by atoms with van der Waals surface area (Å²) < 4.78 is 0. The maximum atomic E-state index is 9.18. The molecule has 15 heavy (non-hydrogen) atoms. The summed E-state index contributed by atoms with van der Waals surface area (Å²) >= 11 is 0. The van der Waals surface area contributed by atoms with Crippen LogP contribution >= 0.6 is 0 Å². The molecule has 0 aromatic heterocycles. The molecular formula is C13H25NO. The van der Waals surface area contributed by atoms with Crippen LogP contribution in [-0.2, 0) is 0 Å². The summed E-state index contributed by atoms with van der Waals surface area (Å²) in [6, 6.07) is 0.699. The molecule has 0 amide bonds. The van der Waals surface area contributed by atoms with Gasteiger partial charge in [-0.05, 0) is 37.6 Å². The highest BCUT2D eigenvalue weighted by molar-refractivity contribution is 4.87. The Morgan fingerprint density at radius 1 is 1.07 bits per heavy atom. The minimum absolute atomic E-state index is 0.374. The third kappa shape index (κ3) is 2.94. The van der Waals surface area contributed by atoms with Crippen LogP contribution in [0, 0.1) is 11.8 Å². The molecule has 1 heterocycles. The Morgan fingerprint density at radius 2 is 1.93 bits per heavy atom. The van der Waals surface area contributed by atoms with Crippen molar-refractivity contribution in [2.24, 2.45) is 11.8 Å². The fourth-order valence-corrected chi connectivity index (χ4v) is 3.20. The first-order valence-corrected chi connectivity index (χ1v) is 6.76. The molecular weight excluding hydrogens is 186 g/mol. The lowest BCUT2D eigenvalue weighted by molar-refractivity contribution is 0.123. The fourth-order valence-electron chi connectivity index (χ4n) is 3.20. The molecule has 1 saturated carbocycles. The number of nitrogens with one attached hydrogen (secondary N) is 1. The average molecular weight is 211 g/mol. The third-order valence-corrected chi connectivity index (χ3v) is 4.33. The van der Waals surface area contributed by atoms with E-state index >= 15 is 0 Å². The molecule has 1 saturated heterocycles. The van der Waals surface area contributed by atoms with Crippen LogP contribution < -0.4 is 5.32 Å². The SMILES string of the molecule is OCCC(C1CCC1)C1CCCCCN1. The normalized spacial score (nSPS) is 30.6. The molecule has 2 heteroatoms. The zero-order valence-corrected chi connectivity index (χ0v) is 9.75. The molecule has 1 aliphatic heterocycles.